The summed E-state index contributed by atoms with van der Waals surface area (Å²) in [6.07, 6.45) is 4.13. The van der Waals surface area contributed by atoms with E-state index in [-0.39, 0.29) is 0 Å². The highest BCUT2D eigenvalue weighted by Crippen LogP contribution is 2.20. The fourth-order valence-electron chi connectivity index (χ4n) is 1.19. The first-order valence-electron chi connectivity index (χ1n) is 4.53. The lowest BCUT2D eigenvalue weighted by molar-refractivity contribution is 0.164. The number of aromatic nitrogens is 1. The molecule has 0 spiro atoms. The van der Waals surface area contributed by atoms with Crippen LogP contribution >= 0.6 is 11.6 Å². The van der Waals surface area contributed by atoms with Crippen LogP contribution in [0.25, 0.3) is 0 Å². The summed E-state index contributed by atoms with van der Waals surface area (Å²) in [6.45, 7) is 2.10. The molecule has 1 aromatic rings. The van der Waals surface area contributed by atoms with Gasteiger partial charge in [-0.3, -0.25) is 0 Å². The van der Waals surface area contributed by atoms with Gasteiger partial charge in [-0.25, -0.2) is 4.98 Å². The summed E-state index contributed by atoms with van der Waals surface area (Å²) in [4.78, 5) is 3.86. The van der Waals surface area contributed by atoms with Crippen molar-refractivity contribution in [3.05, 3.63) is 29.0 Å². The molecule has 1 atom stereocenters. The van der Waals surface area contributed by atoms with Crippen LogP contribution in [0.2, 0.25) is 5.15 Å². The first-order valence-corrected chi connectivity index (χ1v) is 4.91. The van der Waals surface area contributed by atoms with Gasteiger partial charge in [0, 0.05) is 6.20 Å². The zero-order valence-electron chi connectivity index (χ0n) is 7.70. The highest BCUT2D eigenvalue weighted by atomic mass is 35.5. The Hall–Kier alpha value is -0.600. The van der Waals surface area contributed by atoms with E-state index in [4.69, 9.17) is 11.6 Å². The van der Waals surface area contributed by atoms with Crippen LogP contribution in [0.15, 0.2) is 18.3 Å². The third-order valence-corrected chi connectivity index (χ3v) is 2.17. The van der Waals surface area contributed by atoms with Crippen molar-refractivity contribution >= 4 is 11.6 Å². The van der Waals surface area contributed by atoms with Gasteiger partial charge in [0.05, 0.1) is 6.10 Å². The second-order valence-corrected chi connectivity index (χ2v) is 3.46. The minimum Gasteiger partial charge on any atom is -0.388 e. The van der Waals surface area contributed by atoms with E-state index in [1.165, 1.54) is 0 Å². The van der Waals surface area contributed by atoms with Gasteiger partial charge < -0.3 is 5.11 Å². The molecule has 0 aliphatic heterocycles. The van der Waals surface area contributed by atoms with Gasteiger partial charge in [-0.15, -0.1) is 0 Å². The Balaban J connectivity index is 2.60. The molecule has 0 aliphatic carbocycles. The molecule has 0 aromatic carbocycles. The molecule has 1 unspecified atom stereocenters. The third-order valence-electron chi connectivity index (χ3n) is 1.97. The molecule has 0 amide bonds. The van der Waals surface area contributed by atoms with E-state index in [0.29, 0.717) is 5.15 Å². The molecule has 0 saturated heterocycles. The molecule has 0 bridgehead atoms. The van der Waals surface area contributed by atoms with Gasteiger partial charge in [0.2, 0.25) is 0 Å². The average Bonchev–Trinajstić information content (AvgIpc) is 2.14. The second-order valence-electron chi connectivity index (χ2n) is 3.07. The molecule has 3 heteroatoms. The summed E-state index contributed by atoms with van der Waals surface area (Å²) < 4.78 is 0. The molecule has 0 radical (unpaired) electrons. The summed E-state index contributed by atoms with van der Waals surface area (Å²) >= 11 is 5.70. The highest BCUT2D eigenvalue weighted by molar-refractivity contribution is 6.29. The largest absolute Gasteiger partial charge is 0.388 e. The van der Waals surface area contributed by atoms with Crippen molar-refractivity contribution in [3.63, 3.8) is 0 Å². The molecular formula is C10H14ClNO. The molecule has 13 heavy (non-hydrogen) atoms. The average molecular weight is 200 g/mol. The second kappa shape index (κ2) is 5.20. The first-order chi connectivity index (χ1) is 6.24. The first kappa shape index (κ1) is 10.5. The van der Waals surface area contributed by atoms with Crippen LogP contribution in [0.5, 0.6) is 0 Å². The topological polar surface area (TPSA) is 33.1 Å². The maximum atomic E-state index is 9.69. The van der Waals surface area contributed by atoms with Crippen LogP contribution in [0, 0.1) is 0 Å². The molecule has 0 fully saturated rings. The van der Waals surface area contributed by atoms with Gasteiger partial charge in [0.25, 0.3) is 0 Å². The Morgan fingerprint density at radius 2 is 2.38 bits per heavy atom. The molecule has 1 rings (SSSR count). The smallest absolute Gasteiger partial charge is 0.129 e. The molecule has 1 aromatic heterocycles. The third kappa shape index (κ3) is 3.33. The predicted octanol–water partition coefficient (Wildman–Crippen LogP) is 2.96. The Morgan fingerprint density at radius 1 is 1.62 bits per heavy atom. The van der Waals surface area contributed by atoms with Gasteiger partial charge in [-0.1, -0.05) is 31.4 Å². The normalized spacial score (nSPS) is 12.8. The van der Waals surface area contributed by atoms with E-state index in [0.717, 1.165) is 24.8 Å². The Bertz CT molecular complexity index is 265. The molecule has 0 saturated carbocycles. The van der Waals surface area contributed by atoms with Crippen LogP contribution in [0.3, 0.4) is 0 Å². The van der Waals surface area contributed by atoms with E-state index < -0.39 is 6.10 Å². The molecule has 72 valence electrons. The number of aliphatic hydroxyl groups excluding tert-OH is 1. The standard InChI is InChI=1S/C10H14ClNO/c1-2-3-4-9(13)8-5-6-12-10(11)7-8/h5-7,9,13H,2-4H2,1H3. The zero-order valence-corrected chi connectivity index (χ0v) is 8.46. The number of nitrogens with zero attached hydrogens (tertiary/aromatic N) is 1. The molecule has 0 aliphatic rings. The number of unbranched alkanes of at least 4 members (excludes halogenated alkanes) is 1. The van der Waals surface area contributed by atoms with Crippen LogP contribution < -0.4 is 0 Å². The minimum absolute atomic E-state index is 0.402. The summed E-state index contributed by atoms with van der Waals surface area (Å²) in [5, 5.41) is 10.1. The minimum atomic E-state index is -0.402. The molecule has 2 nitrogen and oxygen atoms in total. The summed E-state index contributed by atoms with van der Waals surface area (Å²) in [7, 11) is 0. The van der Waals surface area contributed by atoms with Crippen molar-refractivity contribution in [2.45, 2.75) is 32.3 Å². The number of pyridine rings is 1. The Morgan fingerprint density at radius 3 is 3.00 bits per heavy atom. The molecular weight excluding hydrogens is 186 g/mol. The fourth-order valence-corrected chi connectivity index (χ4v) is 1.37. The summed E-state index contributed by atoms with van der Waals surface area (Å²) in [5.41, 5.74) is 0.855. The lowest BCUT2D eigenvalue weighted by Gasteiger charge is -2.09. The van der Waals surface area contributed by atoms with Crippen LogP contribution in [-0.4, -0.2) is 10.1 Å². The SMILES string of the molecule is CCCCC(O)c1ccnc(Cl)c1. The van der Waals surface area contributed by atoms with E-state index in [2.05, 4.69) is 11.9 Å². The number of rotatable bonds is 4. The lowest BCUT2D eigenvalue weighted by Crippen LogP contribution is -1.97. The van der Waals surface area contributed by atoms with E-state index in [1.54, 1.807) is 18.3 Å². The van der Waals surface area contributed by atoms with Crippen molar-refractivity contribution in [3.8, 4) is 0 Å². The van der Waals surface area contributed by atoms with Gasteiger partial charge >= 0.3 is 0 Å². The number of halogens is 1. The Labute approximate surface area is 83.6 Å². The maximum absolute atomic E-state index is 9.69. The van der Waals surface area contributed by atoms with E-state index in [1.807, 2.05) is 0 Å². The highest BCUT2D eigenvalue weighted by Gasteiger charge is 2.06. The molecule has 1 N–H and O–H groups in total. The van der Waals surface area contributed by atoms with Crippen molar-refractivity contribution < 1.29 is 5.11 Å². The van der Waals surface area contributed by atoms with Gasteiger partial charge in [-0.2, -0.15) is 0 Å². The van der Waals surface area contributed by atoms with Crippen molar-refractivity contribution in [1.82, 2.24) is 4.98 Å². The quantitative estimate of drug-likeness (QED) is 0.757. The van der Waals surface area contributed by atoms with Gasteiger partial charge in [0.15, 0.2) is 0 Å². The van der Waals surface area contributed by atoms with Crippen molar-refractivity contribution in [1.29, 1.82) is 0 Å². The summed E-state index contributed by atoms with van der Waals surface area (Å²) in [6, 6.07) is 3.51. The van der Waals surface area contributed by atoms with Crippen molar-refractivity contribution in [2.24, 2.45) is 0 Å². The zero-order chi connectivity index (χ0) is 9.68. The fraction of sp³-hybridized carbons (Fsp3) is 0.500. The predicted molar refractivity (Wildman–Crippen MR) is 53.7 cm³/mol. The maximum Gasteiger partial charge on any atom is 0.129 e. The lowest BCUT2D eigenvalue weighted by atomic mass is 10.1. The number of hydrogen-bond donors (Lipinski definition) is 1. The molecule has 1 heterocycles. The number of hydrogen-bond acceptors (Lipinski definition) is 2. The Kier molecular flexibility index (Phi) is 4.19. The van der Waals surface area contributed by atoms with Gasteiger partial charge in [-0.05, 0) is 24.1 Å². The van der Waals surface area contributed by atoms with Crippen LogP contribution in [0.4, 0.5) is 0 Å². The monoisotopic (exact) mass is 199 g/mol. The van der Waals surface area contributed by atoms with E-state index >= 15 is 0 Å². The van der Waals surface area contributed by atoms with Gasteiger partial charge in [0.1, 0.15) is 5.15 Å². The van der Waals surface area contributed by atoms with Crippen LogP contribution in [-0.2, 0) is 0 Å². The summed E-state index contributed by atoms with van der Waals surface area (Å²) in [5.74, 6) is 0. The van der Waals surface area contributed by atoms with E-state index in [9.17, 15) is 5.11 Å². The number of aliphatic hydroxyl groups is 1. The van der Waals surface area contributed by atoms with Crippen LogP contribution in [0.1, 0.15) is 37.9 Å². The van der Waals surface area contributed by atoms with Crippen molar-refractivity contribution in [2.75, 3.05) is 0 Å².